The molecule has 1 aliphatic rings. The molecule has 0 saturated carbocycles. The minimum absolute atomic E-state index is 0.0953. The quantitative estimate of drug-likeness (QED) is 0.762. The van der Waals surface area contributed by atoms with Gasteiger partial charge in [0.2, 0.25) is 0 Å². The van der Waals surface area contributed by atoms with Crippen molar-refractivity contribution in [1.82, 2.24) is 0 Å². The first kappa shape index (κ1) is 11.6. The maximum absolute atomic E-state index is 11.7. The van der Waals surface area contributed by atoms with Gasteiger partial charge in [-0.1, -0.05) is 0 Å². The van der Waals surface area contributed by atoms with Gasteiger partial charge in [-0.2, -0.15) is 0 Å². The molecular formula is C12H16O3S. The highest BCUT2D eigenvalue weighted by atomic mass is 32.1. The van der Waals surface area contributed by atoms with Crippen molar-refractivity contribution >= 4 is 17.3 Å². The van der Waals surface area contributed by atoms with Crippen LogP contribution in [0.5, 0.6) is 0 Å². The van der Waals surface area contributed by atoms with Crippen LogP contribution in [0.25, 0.3) is 0 Å². The molecule has 1 aliphatic heterocycles. The Kier molecular flexibility index (Phi) is 3.96. The average Bonchev–Trinajstić information content (AvgIpc) is 2.74. The van der Waals surface area contributed by atoms with Crippen molar-refractivity contribution in [3.8, 4) is 0 Å². The SMILES string of the molecule is Cc1ccsc1C(=O)OCC1CCCCO1. The van der Waals surface area contributed by atoms with Crippen LogP contribution in [0.15, 0.2) is 11.4 Å². The highest BCUT2D eigenvalue weighted by molar-refractivity contribution is 7.12. The van der Waals surface area contributed by atoms with Crippen LogP contribution in [0.1, 0.15) is 34.5 Å². The van der Waals surface area contributed by atoms with Crippen molar-refractivity contribution in [3.05, 3.63) is 21.9 Å². The van der Waals surface area contributed by atoms with E-state index in [-0.39, 0.29) is 12.1 Å². The molecule has 1 atom stereocenters. The third kappa shape index (κ3) is 2.83. The zero-order chi connectivity index (χ0) is 11.4. The fraction of sp³-hybridized carbons (Fsp3) is 0.583. The minimum atomic E-state index is -0.221. The van der Waals surface area contributed by atoms with Crippen LogP contribution < -0.4 is 0 Å². The number of hydrogen-bond donors (Lipinski definition) is 0. The highest BCUT2D eigenvalue weighted by Gasteiger charge is 2.18. The number of esters is 1. The standard InChI is InChI=1S/C12H16O3S/c1-9-5-7-16-11(9)12(13)15-8-10-4-2-3-6-14-10/h5,7,10H,2-4,6,8H2,1H3. The predicted octanol–water partition coefficient (Wildman–Crippen LogP) is 2.78. The summed E-state index contributed by atoms with van der Waals surface area (Å²) >= 11 is 1.43. The van der Waals surface area contributed by atoms with Crippen LogP contribution in [0.4, 0.5) is 0 Å². The Morgan fingerprint density at radius 1 is 1.62 bits per heavy atom. The van der Waals surface area contributed by atoms with Crippen molar-refractivity contribution in [3.63, 3.8) is 0 Å². The molecule has 2 heterocycles. The largest absolute Gasteiger partial charge is 0.459 e. The Morgan fingerprint density at radius 2 is 2.50 bits per heavy atom. The Balaban J connectivity index is 1.81. The molecule has 1 aromatic heterocycles. The van der Waals surface area contributed by atoms with Crippen LogP contribution in [-0.4, -0.2) is 25.3 Å². The normalized spacial score (nSPS) is 20.7. The predicted molar refractivity (Wildman–Crippen MR) is 62.9 cm³/mol. The minimum Gasteiger partial charge on any atom is -0.459 e. The second-order valence-electron chi connectivity index (χ2n) is 4.02. The van der Waals surface area contributed by atoms with E-state index in [2.05, 4.69) is 0 Å². The van der Waals surface area contributed by atoms with Gasteiger partial charge in [0.15, 0.2) is 0 Å². The summed E-state index contributed by atoms with van der Waals surface area (Å²) in [7, 11) is 0. The number of rotatable bonds is 3. The van der Waals surface area contributed by atoms with Gasteiger partial charge in [0.1, 0.15) is 11.5 Å². The van der Waals surface area contributed by atoms with E-state index in [1.54, 1.807) is 0 Å². The van der Waals surface area contributed by atoms with Gasteiger partial charge in [-0.05, 0) is 43.2 Å². The molecule has 1 unspecified atom stereocenters. The van der Waals surface area contributed by atoms with Gasteiger partial charge in [-0.3, -0.25) is 0 Å². The molecule has 1 aromatic rings. The molecule has 3 nitrogen and oxygen atoms in total. The summed E-state index contributed by atoms with van der Waals surface area (Å²) in [6.45, 7) is 3.10. The van der Waals surface area contributed by atoms with Crippen molar-refractivity contribution in [2.24, 2.45) is 0 Å². The van der Waals surface area contributed by atoms with Crippen LogP contribution in [0.2, 0.25) is 0 Å². The number of aryl methyl sites for hydroxylation is 1. The zero-order valence-corrected chi connectivity index (χ0v) is 10.2. The molecule has 88 valence electrons. The first-order valence-electron chi connectivity index (χ1n) is 5.60. The lowest BCUT2D eigenvalue weighted by atomic mass is 10.1. The Morgan fingerprint density at radius 3 is 3.12 bits per heavy atom. The van der Waals surface area contributed by atoms with Crippen molar-refractivity contribution in [2.45, 2.75) is 32.3 Å². The molecule has 0 N–H and O–H groups in total. The molecule has 0 radical (unpaired) electrons. The maximum Gasteiger partial charge on any atom is 0.348 e. The van der Waals surface area contributed by atoms with Gasteiger partial charge in [-0.25, -0.2) is 4.79 Å². The number of ether oxygens (including phenoxy) is 2. The topological polar surface area (TPSA) is 35.5 Å². The monoisotopic (exact) mass is 240 g/mol. The van der Waals surface area contributed by atoms with E-state index in [0.29, 0.717) is 11.5 Å². The van der Waals surface area contributed by atoms with Crippen LogP contribution >= 0.6 is 11.3 Å². The third-order valence-corrected chi connectivity index (χ3v) is 3.72. The van der Waals surface area contributed by atoms with Crippen LogP contribution in [-0.2, 0) is 9.47 Å². The summed E-state index contributed by atoms with van der Waals surface area (Å²) < 4.78 is 10.8. The molecule has 0 bridgehead atoms. The molecule has 1 saturated heterocycles. The number of hydrogen-bond acceptors (Lipinski definition) is 4. The van der Waals surface area contributed by atoms with Gasteiger partial charge >= 0.3 is 5.97 Å². The molecule has 16 heavy (non-hydrogen) atoms. The molecule has 2 rings (SSSR count). The van der Waals surface area contributed by atoms with Crippen molar-refractivity contribution < 1.29 is 14.3 Å². The smallest absolute Gasteiger partial charge is 0.348 e. The number of carbonyl (C=O) groups is 1. The van der Waals surface area contributed by atoms with Crippen molar-refractivity contribution in [2.75, 3.05) is 13.2 Å². The Hall–Kier alpha value is -0.870. The molecule has 0 aromatic carbocycles. The first-order chi connectivity index (χ1) is 7.77. The van der Waals surface area contributed by atoms with Gasteiger partial charge in [0, 0.05) is 6.61 Å². The molecular weight excluding hydrogens is 224 g/mol. The van der Waals surface area contributed by atoms with Crippen molar-refractivity contribution in [1.29, 1.82) is 0 Å². The van der Waals surface area contributed by atoms with Gasteiger partial charge in [-0.15, -0.1) is 11.3 Å². The number of thiophene rings is 1. The van der Waals surface area contributed by atoms with E-state index in [0.717, 1.165) is 25.0 Å². The van der Waals surface area contributed by atoms with E-state index in [9.17, 15) is 4.79 Å². The molecule has 1 fully saturated rings. The summed E-state index contributed by atoms with van der Waals surface area (Å²) in [6, 6.07) is 1.93. The second kappa shape index (κ2) is 5.46. The summed E-state index contributed by atoms with van der Waals surface area (Å²) in [6.07, 6.45) is 3.38. The van der Waals surface area contributed by atoms with Gasteiger partial charge in [0.25, 0.3) is 0 Å². The summed E-state index contributed by atoms with van der Waals surface area (Å²) in [5.41, 5.74) is 0.986. The first-order valence-corrected chi connectivity index (χ1v) is 6.48. The summed E-state index contributed by atoms with van der Waals surface area (Å²) in [4.78, 5) is 12.4. The lowest BCUT2D eigenvalue weighted by molar-refractivity contribution is -0.0298. The van der Waals surface area contributed by atoms with E-state index in [1.807, 2.05) is 18.4 Å². The fourth-order valence-electron chi connectivity index (χ4n) is 1.75. The molecule has 0 spiro atoms. The molecule has 0 amide bonds. The fourth-order valence-corrected chi connectivity index (χ4v) is 2.57. The molecule has 4 heteroatoms. The highest BCUT2D eigenvalue weighted by Crippen LogP contribution is 2.18. The molecule has 0 aliphatic carbocycles. The lowest BCUT2D eigenvalue weighted by Crippen LogP contribution is -2.25. The van der Waals surface area contributed by atoms with E-state index >= 15 is 0 Å². The van der Waals surface area contributed by atoms with E-state index in [4.69, 9.17) is 9.47 Å². The third-order valence-electron chi connectivity index (χ3n) is 2.72. The lowest BCUT2D eigenvalue weighted by Gasteiger charge is -2.21. The summed E-state index contributed by atoms with van der Waals surface area (Å²) in [5, 5.41) is 1.91. The van der Waals surface area contributed by atoms with Crippen LogP contribution in [0.3, 0.4) is 0 Å². The number of carbonyl (C=O) groups excluding carboxylic acids is 1. The average molecular weight is 240 g/mol. The summed E-state index contributed by atoms with van der Waals surface area (Å²) in [5.74, 6) is -0.221. The van der Waals surface area contributed by atoms with E-state index in [1.165, 1.54) is 17.8 Å². The Bertz CT molecular complexity index is 353. The van der Waals surface area contributed by atoms with Crippen LogP contribution in [0, 0.1) is 6.92 Å². The van der Waals surface area contributed by atoms with E-state index < -0.39 is 0 Å². The van der Waals surface area contributed by atoms with Gasteiger partial charge in [0.05, 0.1) is 6.10 Å². The Labute approximate surface area is 99.4 Å². The maximum atomic E-state index is 11.7. The second-order valence-corrected chi connectivity index (χ2v) is 4.94. The zero-order valence-electron chi connectivity index (χ0n) is 9.40. The van der Waals surface area contributed by atoms with Gasteiger partial charge < -0.3 is 9.47 Å².